The monoisotopic (exact) mass is 168 g/mol. The second-order valence-corrected chi connectivity index (χ2v) is 4.83. The summed E-state index contributed by atoms with van der Waals surface area (Å²) in [4.78, 5) is 11.5. The van der Waals surface area contributed by atoms with Crippen molar-refractivity contribution in [2.24, 2.45) is 17.3 Å². The minimum atomic E-state index is -0.705. The van der Waals surface area contributed by atoms with E-state index in [1.165, 1.54) is 0 Å². The second kappa shape index (κ2) is 2.32. The van der Waals surface area contributed by atoms with Gasteiger partial charge in [-0.15, -0.1) is 0 Å². The van der Waals surface area contributed by atoms with E-state index in [1.807, 2.05) is 13.8 Å². The molecule has 2 saturated carbocycles. The molecular weight excluding hydrogens is 152 g/mol. The van der Waals surface area contributed by atoms with E-state index in [9.17, 15) is 9.90 Å². The van der Waals surface area contributed by atoms with Gasteiger partial charge in [-0.05, 0) is 25.2 Å². The summed E-state index contributed by atoms with van der Waals surface area (Å²) in [6.45, 7) is 4.03. The van der Waals surface area contributed by atoms with Gasteiger partial charge in [0.25, 0.3) is 0 Å². The maximum Gasteiger partial charge on any atom is 0.164 e. The lowest BCUT2D eigenvalue weighted by Gasteiger charge is -2.39. The highest BCUT2D eigenvalue weighted by Gasteiger charge is 2.51. The number of aliphatic hydroxyl groups excluding tert-OH is 1. The summed E-state index contributed by atoms with van der Waals surface area (Å²) >= 11 is 0. The Balaban J connectivity index is 2.32. The van der Waals surface area contributed by atoms with Gasteiger partial charge >= 0.3 is 0 Å². The summed E-state index contributed by atoms with van der Waals surface area (Å²) in [6.07, 6.45) is 2.44. The largest absolute Gasteiger partial charge is 0.385 e. The Kier molecular flexibility index (Phi) is 1.59. The van der Waals surface area contributed by atoms with Crippen LogP contribution in [0.4, 0.5) is 0 Å². The van der Waals surface area contributed by atoms with Gasteiger partial charge in [0.2, 0.25) is 0 Å². The molecule has 2 nitrogen and oxygen atoms in total. The predicted octanol–water partition coefficient (Wildman–Crippen LogP) is 1.37. The van der Waals surface area contributed by atoms with Gasteiger partial charge in [-0.25, -0.2) is 0 Å². The van der Waals surface area contributed by atoms with E-state index in [0.717, 1.165) is 19.3 Å². The zero-order chi connectivity index (χ0) is 8.93. The highest BCUT2D eigenvalue weighted by molar-refractivity contribution is 5.87. The number of carbonyl (C=O) groups excluding carboxylic acids is 1. The number of hydrogen-bond donors (Lipinski definition) is 1. The first-order valence-electron chi connectivity index (χ1n) is 4.75. The third kappa shape index (κ3) is 0.875. The van der Waals surface area contributed by atoms with Gasteiger partial charge in [-0.3, -0.25) is 4.79 Å². The molecule has 2 fully saturated rings. The van der Waals surface area contributed by atoms with Crippen molar-refractivity contribution in [2.45, 2.75) is 39.2 Å². The molecule has 0 amide bonds. The van der Waals surface area contributed by atoms with Crippen LogP contribution in [-0.2, 0) is 4.79 Å². The van der Waals surface area contributed by atoms with Crippen LogP contribution in [0, 0.1) is 17.3 Å². The van der Waals surface area contributed by atoms with E-state index in [1.54, 1.807) is 0 Å². The molecule has 2 bridgehead atoms. The Morgan fingerprint density at radius 1 is 1.42 bits per heavy atom. The van der Waals surface area contributed by atoms with Gasteiger partial charge in [0, 0.05) is 11.3 Å². The summed E-state index contributed by atoms with van der Waals surface area (Å²) in [5.41, 5.74) is -0.177. The van der Waals surface area contributed by atoms with Crippen LogP contribution in [-0.4, -0.2) is 17.0 Å². The Hall–Kier alpha value is -0.370. The molecule has 0 unspecified atom stereocenters. The Morgan fingerprint density at radius 3 is 2.75 bits per heavy atom. The average molecular weight is 168 g/mol. The van der Waals surface area contributed by atoms with Crippen LogP contribution in [0.25, 0.3) is 0 Å². The lowest BCUT2D eigenvalue weighted by Crippen LogP contribution is -2.46. The third-order valence-electron chi connectivity index (χ3n) is 3.86. The standard InChI is InChI=1S/C10H16O2/c1-10(2)7-4-3-6(5-7)8(11)9(10)12/h6-7,9,12H,3-5H2,1-2H3/t6-,7+,9+/m0/s1. The average Bonchev–Trinajstić information content (AvgIpc) is 2.46. The number of rotatable bonds is 0. The predicted molar refractivity (Wildman–Crippen MR) is 45.6 cm³/mol. The third-order valence-corrected chi connectivity index (χ3v) is 3.86. The molecule has 0 aliphatic heterocycles. The van der Waals surface area contributed by atoms with Gasteiger partial charge in [-0.1, -0.05) is 13.8 Å². The molecule has 0 saturated heterocycles. The van der Waals surface area contributed by atoms with Crippen LogP contribution in [0.15, 0.2) is 0 Å². The number of hydrogen-bond acceptors (Lipinski definition) is 2. The van der Waals surface area contributed by atoms with Gasteiger partial charge in [0.05, 0.1) is 0 Å². The van der Waals surface area contributed by atoms with Crippen molar-refractivity contribution in [3.63, 3.8) is 0 Å². The van der Waals surface area contributed by atoms with Crippen molar-refractivity contribution in [2.75, 3.05) is 0 Å². The Labute approximate surface area is 73.0 Å². The van der Waals surface area contributed by atoms with E-state index in [4.69, 9.17) is 0 Å². The van der Waals surface area contributed by atoms with Gasteiger partial charge in [0.15, 0.2) is 5.78 Å². The number of carbonyl (C=O) groups is 1. The molecule has 2 rings (SSSR count). The number of ketones is 1. The fourth-order valence-corrected chi connectivity index (χ4v) is 2.73. The molecule has 0 radical (unpaired) electrons. The molecule has 0 aromatic carbocycles. The van der Waals surface area contributed by atoms with Crippen LogP contribution < -0.4 is 0 Å². The fraction of sp³-hybridized carbons (Fsp3) is 0.900. The van der Waals surface area contributed by atoms with Crippen LogP contribution in [0.3, 0.4) is 0 Å². The molecule has 2 heteroatoms. The molecular formula is C10H16O2. The van der Waals surface area contributed by atoms with Crippen LogP contribution in [0.2, 0.25) is 0 Å². The van der Waals surface area contributed by atoms with Crippen molar-refractivity contribution in [1.29, 1.82) is 0 Å². The lowest BCUT2D eigenvalue weighted by atomic mass is 9.67. The molecule has 0 spiro atoms. The van der Waals surface area contributed by atoms with E-state index in [2.05, 4.69) is 0 Å². The van der Waals surface area contributed by atoms with Crippen molar-refractivity contribution in [1.82, 2.24) is 0 Å². The van der Waals surface area contributed by atoms with Crippen molar-refractivity contribution < 1.29 is 9.90 Å². The number of fused-ring (bicyclic) bond motifs is 2. The van der Waals surface area contributed by atoms with Crippen molar-refractivity contribution in [3.8, 4) is 0 Å². The molecule has 1 N–H and O–H groups in total. The topological polar surface area (TPSA) is 37.3 Å². The fourth-order valence-electron chi connectivity index (χ4n) is 2.73. The van der Waals surface area contributed by atoms with Crippen molar-refractivity contribution in [3.05, 3.63) is 0 Å². The van der Waals surface area contributed by atoms with E-state index in [0.29, 0.717) is 5.92 Å². The van der Waals surface area contributed by atoms with E-state index >= 15 is 0 Å². The number of Topliss-reactive ketones (excluding diaryl/α,β-unsaturated/α-hetero) is 1. The summed E-state index contributed by atoms with van der Waals surface area (Å²) < 4.78 is 0. The highest BCUT2D eigenvalue weighted by atomic mass is 16.3. The normalized spacial score (nSPS) is 44.9. The van der Waals surface area contributed by atoms with Gasteiger partial charge in [0.1, 0.15) is 6.10 Å². The first kappa shape index (κ1) is 8.24. The van der Waals surface area contributed by atoms with Gasteiger partial charge < -0.3 is 5.11 Å². The molecule has 0 aromatic rings. The smallest absolute Gasteiger partial charge is 0.164 e. The quantitative estimate of drug-likeness (QED) is 0.593. The SMILES string of the molecule is CC1(C)[C@@H]2CC[C@@H](C2)C(=O)[C@H]1O. The van der Waals surface area contributed by atoms with Crippen molar-refractivity contribution >= 4 is 5.78 Å². The highest BCUT2D eigenvalue weighted by Crippen LogP contribution is 2.50. The second-order valence-electron chi connectivity index (χ2n) is 4.83. The van der Waals surface area contributed by atoms with Crippen LogP contribution in [0.5, 0.6) is 0 Å². The molecule has 2 aliphatic carbocycles. The lowest BCUT2D eigenvalue weighted by molar-refractivity contribution is -0.143. The zero-order valence-corrected chi connectivity index (χ0v) is 7.71. The minimum Gasteiger partial charge on any atom is -0.385 e. The summed E-state index contributed by atoms with van der Waals surface area (Å²) in [6, 6.07) is 0. The molecule has 12 heavy (non-hydrogen) atoms. The minimum absolute atomic E-state index is 0.0914. The summed E-state index contributed by atoms with van der Waals surface area (Å²) in [7, 11) is 0. The first-order chi connectivity index (χ1) is 5.53. The first-order valence-corrected chi connectivity index (χ1v) is 4.75. The van der Waals surface area contributed by atoms with Crippen LogP contribution >= 0.6 is 0 Å². The zero-order valence-electron chi connectivity index (χ0n) is 7.71. The van der Waals surface area contributed by atoms with E-state index < -0.39 is 6.10 Å². The van der Waals surface area contributed by atoms with Crippen LogP contribution in [0.1, 0.15) is 33.1 Å². The summed E-state index contributed by atoms with van der Waals surface area (Å²) in [5.74, 6) is 0.835. The molecule has 68 valence electrons. The Bertz CT molecular complexity index is 220. The number of aliphatic hydroxyl groups is 1. The molecule has 2 aliphatic rings. The Morgan fingerprint density at radius 2 is 2.08 bits per heavy atom. The van der Waals surface area contributed by atoms with E-state index in [-0.39, 0.29) is 17.1 Å². The maximum atomic E-state index is 11.5. The molecule has 0 aromatic heterocycles. The molecule has 0 heterocycles. The van der Waals surface area contributed by atoms with Gasteiger partial charge in [-0.2, -0.15) is 0 Å². The summed E-state index contributed by atoms with van der Waals surface area (Å²) in [5, 5.41) is 9.74. The maximum absolute atomic E-state index is 11.5. The molecule has 3 atom stereocenters.